The van der Waals surface area contributed by atoms with Gasteiger partial charge in [0.15, 0.2) is 0 Å². The number of aromatic nitrogens is 1. The van der Waals surface area contributed by atoms with Crippen molar-refractivity contribution in [2.24, 2.45) is 0 Å². The second kappa shape index (κ2) is 4.10. The predicted molar refractivity (Wildman–Crippen MR) is 74.1 cm³/mol. The first kappa shape index (κ1) is 11.1. The van der Waals surface area contributed by atoms with Crippen LogP contribution in [-0.2, 0) is 0 Å². The van der Waals surface area contributed by atoms with Crippen LogP contribution in [0.25, 0.3) is 10.8 Å². The monoisotopic (exact) mass is 255 g/mol. The van der Waals surface area contributed by atoms with Crippen LogP contribution < -0.4 is 10.6 Å². The summed E-state index contributed by atoms with van der Waals surface area (Å²) in [6, 6.07) is 7.22. The third kappa shape index (κ3) is 1.83. The molecule has 4 nitrogen and oxygen atoms in total. The molecule has 4 heteroatoms. The van der Waals surface area contributed by atoms with E-state index in [0.717, 1.165) is 22.8 Å². The van der Waals surface area contributed by atoms with Gasteiger partial charge < -0.3 is 15.6 Å². The molecule has 3 atom stereocenters. The Hall–Kier alpha value is -1.81. The second-order valence-electron chi connectivity index (χ2n) is 5.66. The molecule has 0 radical (unpaired) electrons. The van der Waals surface area contributed by atoms with E-state index in [9.17, 15) is 4.79 Å². The Labute approximate surface area is 111 Å². The number of nitrogens with one attached hydrogen (secondary N) is 3. The van der Waals surface area contributed by atoms with Crippen molar-refractivity contribution >= 4 is 16.7 Å². The summed E-state index contributed by atoms with van der Waals surface area (Å²) in [5.41, 5.74) is 0.745. The Kier molecular flexibility index (Phi) is 2.38. The lowest BCUT2D eigenvalue weighted by Gasteiger charge is -2.21. The number of hydrogen-bond acceptors (Lipinski definition) is 2. The van der Waals surface area contributed by atoms with Gasteiger partial charge in [-0.15, -0.1) is 0 Å². The van der Waals surface area contributed by atoms with E-state index in [0.29, 0.717) is 18.1 Å². The van der Waals surface area contributed by atoms with Crippen LogP contribution in [0.1, 0.15) is 29.6 Å². The third-order valence-electron chi connectivity index (χ3n) is 4.44. The van der Waals surface area contributed by atoms with Crippen LogP contribution in [0.4, 0.5) is 0 Å². The molecule has 2 aliphatic heterocycles. The van der Waals surface area contributed by atoms with Crippen molar-refractivity contribution in [3.63, 3.8) is 0 Å². The Bertz CT molecular complexity index is 633. The first-order chi connectivity index (χ1) is 9.29. The molecule has 3 N–H and O–H groups in total. The fourth-order valence-electron chi connectivity index (χ4n) is 3.43. The summed E-state index contributed by atoms with van der Waals surface area (Å²) < 4.78 is 0. The zero-order valence-electron chi connectivity index (χ0n) is 10.6. The smallest absolute Gasteiger partial charge is 0.251 e. The molecule has 19 heavy (non-hydrogen) atoms. The van der Waals surface area contributed by atoms with E-state index < -0.39 is 0 Å². The van der Waals surface area contributed by atoms with Gasteiger partial charge in [0.05, 0.1) is 0 Å². The Balaban J connectivity index is 1.53. The Morgan fingerprint density at radius 2 is 2.11 bits per heavy atom. The second-order valence-corrected chi connectivity index (χ2v) is 5.66. The van der Waals surface area contributed by atoms with Gasteiger partial charge in [0.25, 0.3) is 5.91 Å². The van der Waals surface area contributed by atoms with Crippen LogP contribution in [0.3, 0.4) is 0 Å². The normalized spacial score (nSPS) is 28.9. The number of aromatic amines is 1. The van der Waals surface area contributed by atoms with Gasteiger partial charge in [-0.2, -0.15) is 0 Å². The number of fused-ring (bicyclic) bond motifs is 3. The van der Waals surface area contributed by atoms with Crippen LogP contribution in [0.2, 0.25) is 0 Å². The number of rotatable bonds is 2. The number of H-pyrrole nitrogens is 1. The highest BCUT2D eigenvalue weighted by molar-refractivity contribution is 5.98. The number of amides is 1. The van der Waals surface area contributed by atoms with E-state index in [2.05, 4.69) is 15.6 Å². The zero-order chi connectivity index (χ0) is 12.8. The van der Waals surface area contributed by atoms with Gasteiger partial charge in [-0.05, 0) is 42.2 Å². The molecule has 98 valence electrons. The van der Waals surface area contributed by atoms with Crippen LogP contribution >= 0.6 is 0 Å². The molecule has 2 bridgehead atoms. The van der Waals surface area contributed by atoms with E-state index in [1.54, 1.807) is 0 Å². The molecule has 0 unspecified atom stereocenters. The van der Waals surface area contributed by atoms with Crippen LogP contribution in [0, 0.1) is 0 Å². The summed E-state index contributed by atoms with van der Waals surface area (Å²) in [5, 5.41) is 8.93. The van der Waals surface area contributed by atoms with Gasteiger partial charge in [0, 0.05) is 36.1 Å². The number of hydrogen-bond donors (Lipinski definition) is 3. The van der Waals surface area contributed by atoms with Crippen LogP contribution in [0.5, 0.6) is 0 Å². The van der Waals surface area contributed by atoms with E-state index in [4.69, 9.17) is 0 Å². The molecule has 1 aromatic heterocycles. The third-order valence-corrected chi connectivity index (χ3v) is 4.44. The Morgan fingerprint density at radius 1 is 1.21 bits per heavy atom. The molecular weight excluding hydrogens is 238 g/mol. The number of carbonyl (C=O) groups is 1. The molecule has 3 heterocycles. The van der Waals surface area contributed by atoms with Crippen LogP contribution in [-0.4, -0.2) is 29.0 Å². The summed E-state index contributed by atoms with van der Waals surface area (Å²) in [7, 11) is 0. The minimum atomic E-state index is 0.0439. The first-order valence-corrected chi connectivity index (χ1v) is 6.93. The summed E-state index contributed by atoms with van der Waals surface area (Å²) in [6.45, 7) is 0. The van der Waals surface area contributed by atoms with Gasteiger partial charge >= 0.3 is 0 Å². The lowest BCUT2D eigenvalue weighted by atomic mass is 9.95. The molecule has 1 aromatic carbocycles. The molecule has 2 saturated heterocycles. The van der Waals surface area contributed by atoms with Crippen molar-refractivity contribution in [2.75, 3.05) is 0 Å². The lowest BCUT2D eigenvalue weighted by molar-refractivity contribution is 0.0931. The van der Waals surface area contributed by atoms with E-state index in [1.165, 1.54) is 12.8 Å². The van der Waals surface area contributed by atoms with Crippen molar-refractivity contribution in [1.82, 2.24) is 15.6 Å². The maximum Gasteiger partial charge on any atom is 0.251 e. The maximum absolute atomic E-state index is 12.3. The molecule has 1 amide bonds. The fourth-order valence-corrected chi connectivity index (χ4v) is 3.43. The standard InChI is InChI=1S/C15H17N3O/c19-15(18-14-6-12-3-4-13(14)17-12)9-1-2-10-7-16-8-11(10)5-9/h1-2,5,7-8,12-14,16-17H,3-4,6H2,(H,18,19)/t12-,13+,14-/m1/s1. The van der Waals surface area contributed by atoms with E-state index in [-0.39, 0.29) is 5.91 Å². The quantitative estimate of drug-likeness (QED) is 0.766. The van der Waals surface area contributed by atoms with Crippen molar-refractivity contribution in [2.45, 2.75) is 37.4 Å². The average Bonchev–Trinajstić information content (AvgIpc) is 3.13. The molecule has 2 aliphatic rings. The van der Waals surface area contributed by atoms with Crippen molar-refractivity contribution in [1.29, 1.82) is 0 Å². The first-order valence-electron chi connectivity index (χ1n) is 6.93. The van der Waals surface area contributed by atoms with Gasteiger partial charge in [0.1, 0.15) is 0 Å². The molecule has 2 aromatic rings. The molecule has 2 fully saturated rings. The highest BCUT2D eigenvalue weighted by atomic mass is 16.1. The predicted octanol–water partition coefficient (Wildman–Crippen LogP) is 1.79. The molecule has 0 aliphatic carbocycles. The average molecular weight is 255 g/mol. The van der Waals surface area contributed by atoms with E-state index in [1.807, 2.05) is 30.6 Å². The molecule has 0 saturated carbocycles. The zero-order valence-corrected chi connectivity index (χ0v) is 10.6. The van der Waals surface area contributed by atoms with Crippen molar-refractivity contribution in [3.05, 3.63) is 36.2 Å². The minimum absolute atomic E-state index is 0.0439. The maximum atomic E-state index is 12.3. The molecule has 0 spiro atoms. The number of carbonyl (C=O) groups excluding carboxylic acids is 1. The van der Waals surface area contributed by atoms with Gasteiger partial charge in [-0.1, -0.05) is 6.07 Å². The largest absolute Gasteiger partial charge is 0.366 e. The highest BCUT2D eigenvalue weighted by Crippen LogP contribution is 2.28. The van der Waals surface area contributed by atoms with Crippen molar-refractivity contribution in [3.8, 4) is 0 Å². The molecular formula is C15H17N3O. The van der Waals surface area contributed by atoms with E-state index >= 15 is 0 Å². The summed E-state index contributed by atoms with van der Waals surface area (Å²) in [5.74, 6) is 0.0439. The van der Waals surface area contributed by atoms with Crippen LogP contribution in [0.15, 0.2) is 30.6 Å². The van der Waals surface area contributed by atoms with Gasteiger partial charge in [-0.25, -0.2) is 0 Å². The summed E-state index contributed by atoms with van der Waals surface area (Å²) in [6.07, 6.45) is 7.38. The summed E-state index contributed by atoms with van der Waals surface area (Å²) in [4.78, 5) is 15.4. The highest BCUT2D eigenvalue weighted by Gasteiger charge is 2.39. The van der Waals surface area contributed by atoms with Gasteiger partial charge in [0.2, 0.25) is 0 Å². The molecule has 4 rings (SSSR count). The fraction of sp³-hybridized carbons (Fsp3) is 0.400. The SMILES string of the molecule is O=C(N[C@@H]1C[C@H]2CC[C@@H]1N2)c1ccc2c[nH]cc2c1. The topological polar surface area (TPSA) is 56.9 Å². The Morgan fingerprint density at radius 3 is 2.89 bits per heavy atom. The minimum Gasteiger partial charge on any atom is -0.366 e. The summed E-state index contributed by atoms with van der Waals surface area (Å²) >= 11 is 0. The van der Waals surface area contributed by atoms with Gasteiger partial charge in [-0.3, -0.25) is 4.79 Å². The van der Waals surface area contributed by atoms with Crippen molar-refractivity contribution < 1.29 is 4.79 Å². The lowest BCUT2D eigenvalue weighted by Crippen LogP contribution is -2.42. The number of benzene rings is 1.